The number of rotatable bonds is 5. The predicted molar refractivity (Wildman–Crippen MR) is 100 cm³/mol. The van der Waals surface area contributed by atoms with E-state index < -0.39 is 0 Å². The Hall–Kier alpha value is -3.08. The van der Waals surface area contributed by atoms with Crippen LogP contribution in [-0.4, -0.2) is 15.1 Å². The van der Waals surface area contributed by atoms with Crippen molar-refractivity contribution < 1.29 is 4.79 Å². The summed E-state index contributed by atoms with van der Waals surface area (Å²) in [5.74, 6) is 0.105. The standard InChI is InChI=1S/C20H21N3O2/c1-4-18(24)15-10-12-16(13-11-15)21-19-14(2)22(3)23(20(19)25)17-8-6-5-7-9-17/h5-13,21H,4H2,1-3H3. The van der Waals surface area contributed by atoms with E-state index in [0.29, 0.717) is 17.7 Å². The highest BCUT2D eigenvalue weighted by Crippen LogP contribution is 2.20. The first-order chi connectivity index (χ1) is 12.0. The van der Waals surface area contributed by atoms with Gasteiger partial charge >= 0.3 is 0 Å². The minimum absolute atomic E-state index is 0.105. The number of nitrogens with zero attached hydrogens (tertiary/aromatic N) is 2. The summed E-state index contributed by atoms with van der Waals surface area (Å²) in [6.07, 6.45) is 0.479. The normalized spacial score (nSPS) is 10.7. The van der Waals surface area contributed by atoms with E-state index in [1.165, 1.54) is 0 Å². The van der Waals surface area contributed by atoms with E-state index in [1.807, 2.05) is 68.0 Å². The number of carbonyl (C=O) groups is 1. The van der Waals surface area contributed by atoms with Gasteiger partial charge in [0.1, 0.15) is 5.69 Å². The molecule has 0 saturated carbocycles. The third-order valence-corrected chi connectivity index (χ3v) is 4.35. The van der Waals surface area contributed by atoms with Gasteiger partial charge in [-0.15, -0.1) is 0 Å². The summed E-state index contributed by atoms with van der Waals surface area (Å²) in [5.41, 5.74) is 3.52. The van der Waals surface area contributed by atoms with Crippen molar-refractivity contribution in [2.45, 2.75) is 20.3 Å². The summed E-state index contributed by atoms with van der Waals surface area (Å²) >= 11 is 0. The third-order valence-electron chi connectivity index (χ3n) is 4.35. The Kier molecular flexibility index (Phi) is 4.57. The first-order valence-electron chi connectivity index (χ1n) is 8.27. The summed E-state index contributed by atoms with van der Waals surface area (Å²) in [7, 11) is 1.86. The zero-order valence-electron chi connectivity index (χ0n) is 14.6. The zero-order chi connectivity index (χ0) is 18.0. The van der Waals surface area contributed by atoms with E-state index in [2.05, 4.69) is 5.32 Å². The molecule has 2 aromatic carbocycles. The van der Waals surface area contributed by atoms with Gasteiger partial charge in [0.15, 0.2) is 5.78 Å². The summed E-state index contributed by atoms with van der Waals surface area (Å²) in [4.78, 5) is 24.6. The highest BCUT2D eigenvalue weighted by molar-refractivity contribution is 5.96. The molecule has 0 aliphatic carbocycles. The fraction of sp³-hybridized carbons (Fsp3) is 0.200. The molecule has 0 spiro atoms. The number of para-hydroxylation sites is 1. The van der Waals surface area contributed by atoms with Crippen molar-refractivity contribution in [1.82, 2.24) is 9.36 Å². The Morgan fingerprint density at radius 1 is 1.04 bits per heavy atom. The molecular formula is C20H21N3O2. The van der Waals surface area contributed by atoms with E-state index >= 15 is 0 Å². The second kappa shape index (κ2) is 6.81. The molecule has 0 unspecified atom stereocenters. The molecule has 0 aliphatic heterocycles. The lowest BCUT2D eigenvalue weighted by Gasteiger charge is -2.07. The van der Waals surface area contributed by atoms with E-state index in [9.17, 15) is 9.59 Å². The number of Topliss-reactive ketones (excluding diaryl/α,β-unsaturated/α-hetero) is 1. The second-order valence-corrected chi connectivity index (χ2v) is 5.92. The maximum atomic E-state index is 12.9. The average molecular weight is 335 g/mol. The molecule has 1 aromatic heterocycles. The maximum Gasteiger partial charge on any atom is 0.295 e. The van der Waals surface area contributed by atoms with Gasteiger partial charge in [-0.3, -0.25) is 14.3 Å². The second-order valence-electron chi connectivity index (χ2n) is 5.92. The highest BCUT2D eigenvalue weighted by Gasteiger charge is 2.16. The number of ketones is 1. The smallest absolute Gasteiger partial charge is 0.295 e. The number of hydrogen-bond donors (Lipinski definition) is 1. The van der Waals surface area contributed by atoms with Crippen molar-refractivity contribution in [3.63, 3.8) is 0 Å². The van der Waals surface area contributed by atoms with Gasteiger partial charge in [0.05, 0.1) is 11.4 Å². The van der Waals surface area contributed by atoms with Gasteiger partial charge in [-0.25, -0.2) is 4.68 Å². The van der Waals surface area contributed by atoms with E-state index in [1.54, 1.807) is 16.8 Å². The minimum Gasteiger partial charge on any atom is -0.349 e. The lowest BCUT2D eigenvalue weighted by molar-refractivity contribution is 0.0988. The number of anilines is 2. The summed E-state index contributed by atoms with van der Waals surface area (Å²) in [6.45, 7) is 3.74. The Labute approximate surface area is 146 Å². The van der Waals surface area contributed by atoms with Gasteiger partial charge in [-0.2, -0.15) is 0 Å². The van der Waals surface area contributed by atoms with Gasteiger partial charge < -0.3 is 5.32 Å². The van der Waals surface area contributed by atoms with Crippen LogP contribution in [0, 0.1) is 6.92 Å². The first kappa shape index (κ1) is 16.8. The molecule has 3 aromatic rings. The Bertz CT molecular complexity index is 951. The van der Waals surface area contributed by atoms with Crippen LogP contribution in [0.4, 0.5) is 11.4 Å². The van der Waals surface area contributed by atoms with Crippen molar-refractivity contribution in [3.05, 3.63) is 76.2 Å². The maximum absolute atomic E-state index is 12.9. The molecular weight excluding hydrogens is 314 g/mol. The molecule has 128 valence electrons. The predicted octanol–water partition coefficient (Wildman–Crippen LogP) is 3.82. The SMILES string of the molecule is CCC(=O)c1ccc(Nc2c(C)n(C)n(-c3ccccc3)c2=O)cc1. The number of hydrogen-bond acceptors (Lipinski definition) is 3. The van der Waals surface area contributed by atoms with Gasteiger partial charge in [-0.05, 0) is 43.3 Å². The molecule has 5 heteroatoms. The molecule has 25 heavy (non-hydrogen) atoms. The van der Waals surface area contributed by atoms with E-state index in [0.717, 1.165) is 17.1 Å². The highest BCUT2D eigenvalue weighted by atomic mass is 16.1. The van der Waals surface area contributed by atoms with Crippen LogP contribution in [-0.2, 0) is 7.05 Å². The molecule has 0 bridgehead atoms. The van der Waals surface area contributed by atoms with Gasteiger partial charge in [0.25, 0.3) is 5.56 Å². The van der Waals surface area contributed by atoms with Gasteiger partial charge in [0.2, 0.25) is 0 Å². The molecule has 0 aliphatic rings. The molecule has 0 amide bonds. The number of carbonyl (C=O) groups excluding carboxylic acids is 1. The number of benzene rings is 2. The zero-order valence-corrected chi connectivity index (χ0v) is 14.6. The van der Waals surface area contributed by atoms with Crippen LogP contribution in [0.3, 0.4) is 0 Å². The molecule has 0 radical (unpaired) electrons. The summed E-state index contributed by atoms with van der Waals surface area (Å²) in [6, 6.07) is 16.7. The van der Waals surface area contributed by atoms with Crippen molar-refractivity contribution >= 4 is 17.2 Å². The first-order valence-corrected chi connectivity index (χ1v) is 8.27. The van der Waals surface area contributed by atoms with Crippen LogP contribution >= 0.6 is 0 Å². The van der Waals surface area contributed by atoms with Crippen molar-refractivity contribution in [3.8, 4) is 5.69 Å². The number of nitrogens with one attached hydrogen (secondary N) is 1. The van der Waals surface area contributed by atoms with Crippen LogP contribution in [0.1, 0.15) is 29.4 Å². The molecule has 1 N–H and O–H groups in total. The molecule has 0 fully saturated rings. The summed E-state index contributed by atoms with van der Waals surface area (Å²) in [5, 5.41) is 3.19. The van der Waals surface area contributed by atoms with Crippen LogP contribution in [0.15, 0.2) is 59.4 Å². The molecule has 1 heterocycles. The van der Waals surface area contributed by atoms with Crippen molar-refractivity contribution in [2.75, 3.05) is 5.32 Å². The van der Waals surface area contributed by atoms with Crippen molar-refractivity contribution in [2.24, 2.45) is 7.05 Å². The quantitative estimate of drug-likeness (QED) is 0.721. The Balaban J connectivity index is 1.96. The third kappa shape index (κ3) is 3.13. The lowest BCUT2D eigenvalue weighted by Crippen LogP contribution is -2.20. The Morgan fingerprint density at radius 3 is 2.28 bits per heavy atom. The largest absolute Gasteiger partial charge is 0.349 e. The molecule has 0 saturated heterocycles. The van der Waals surface area contributed by atoms with E-state index in [4.69, 9.17) is 0 Å². The Morgan fingerprint density at radius 2 is 1.68 bits per heavy atom. The van der Waals surface area contributed by atoms with Crippen LogP contribution in [0.25, 0.3) is 5.69 Å². The average Bonchev–Trinajstić information content (AvgIpc) is 2.86. The minimum atomic E-state index is -0.111. The summed E-state index contributed by atoms with van der Waals surface area (Å²) < 4.78 is 3.46. The van der Waals surface area contributed by atoms with Crippen LogP contribution in [0.5, 0.6) is 0 Å². The molecule has 0 atom stereocenters. The topological polar surface area (TPSA) is 56.0 Å². The van der Waals surface area contributed by atoms with Crippen LogP contribution < -0.4 is 10.9 Å². The van der Waals surface area contributed by atoms with Gasteiger partial charge in [-0.1, -0.05) is 25.1 Å². The monoisotopic (exact) mass is 335 g/mol. The van der Waals surface area contributed by atoms with E-state index in [-0.39, 0.29) is 11.3 Å². The fourth-order valence-corrected chi connectivity index (χ4v) is 2.80. The lowest BCUT2D eigenvalue weighted by atomic mass is 10.1. The molecule has 5 nitrogen and oxygen atoms in total. The van der Waals surface area contributed by atoms with Gasteiger partial charge in [0, 0.05) is 24.7 Å². The number of aromatic nitrogens is 2. The fourth-order valence-electron chi connectivity index (χ4n) is 2.80. The molecule has 3 rings (SSSR count). The van der Waals surface area contributed by atoms with Crippen LogP contribution in [0.2, 0.25) is 0 Å². The van der Waals surface area contributed by atoms with Crippen molar-refractivity contribution in [1.29, 1.82) is 0 Å².